The fourth-order valence-corrected chi connectivity index (χ4v) is 4.58. The second-order valence-electron chi connectivity index (χ2n) is 10.3. The fourth-order valence-electron chi connectivity index (χ4n) is 4.58. The van der Waals surface area contributed by atoms with Crippen molar-refractivity contribution >= 4 is 23.8 Å². The first kappa shape index (κ1) is 30.2. The van der Waals surface area contributed by atoms with Crippen LogP contribution in [-0.4, -0.2) is 66.4 Å². The number of anilines is 3. The molecule has 1 amide bonds. The predicted molar refractivity (Wildman–Crippen MR) is 162 cm³/mol. The molecule has 3 aromatic rings. The van der Waals surface area contributed by atoms with Crippen molar-refractivity contribution in [1.29, 1.82) is 0 Å². The maximum atomic E-state index is 12.0. The molecule has 1 aromatic heterocycles. The van der Waals surface area contributed by atoms with Gasteiger partial charge in [-0.1, -0.05) is 73.7 Å². The molecule has 0 bridgehead atoms. The molecule has 0 radical (unpaired) electrons. The van der Waals surface area contributed by atoms with Crippen LogP contribution in [-0.2, 0) is 16.0 Å². The highest BCUT2D eigenvalue weighted by Crippen LogP contribution is 2.21. The summed E-state index contributed by atoms with van der Waals surface area (Å²) in [5.74, 6) is 1.54. The Morgan fingerprint density at radius 2 is 1.39 bits per heavy atom. The third-order valence-electron chi connectivity index (χ3n) is 6.86. The number of rotatable bonds is 16. The summed E-state index contributed by atoms with van der Waals surface area (Å²) in [7, 11) is 0. The van der Waals surface area contributed by atoms with E-state index in [-0.39, 0.29) is 5.91 Å². The minimum atomic E-state index is -0.101. The Hall–Kier alpha value is -3.76. The van der Waals surface area contributed by atoms with E-state index in [1.54, 1.807) is 12.1 Å². The van der Waals surface area contributed by atoms with Gasteiger partial charge in [-0.2, -0.15) is 15.0 Å². The molecular formula is C31H43N7O3. The van der Waals surface area contributed by atoms with Crippen LogP contribution in [0.4, 0.5) is 17.8 Å². The number of hydrogen-bond acceptors (Lipinski definition) is 9. The fraction of sp³-hybridized carbons (Fsp3) is 0.484. The maximum Gasteiger partial charge on any atom is 0.251 e. The third kappa shape index (κ3) is 11.3. The van der Waals surface area contributed by atoms with Gasteiger partial charge >= 0.3 is 0 Å². The number of aryl methyl sites for hydroxylation is 1. The lowest BCUT2D eigenvalue weighted by molar-refractivity contribution is 0.0519. The van der Waals surface area contributed by atoms with E-state index in [2.05, 4.69) is 67.4 Å². The lowest BCUT2D eigenvalue weighted by Gasteiger charge is -2.17. The highest BCUT2D eigenvalue weighted by molar-refractivity contribution is 5.94. The molecule has 1 heterocycles. The van der Waals surface area contributed by atoms with Crippen LogP contribution < -0.4 is 21.3 Å². The lowest BCUT2D eigenvalue weighted by atomic mass is 10.1. The van der Waals surface area contributed by atoms with E-state index < -0.39 is 0 Å². The Bertz CT molecular complexity index is 1170. The van der Waals surface area contributed by atoms with E-state index in [0.717, 1.165) is 18.4 Å². The highest BCUT2D eigenvalue weighted by Gasteiger charge is 2.15. The Morgan fingerprint density at radius 1 is 0.756 bits per heavy atom. The summed E-state index contributed by atoms with van der Waals surface area (Å²) in [6, 6.07) is 17.9. The van der Waals surface area contributed by atoms with Gasteiger partial charge in [-0.3, -0.25) is 4.79 Å². The molecule has 0 atom stereocenters. The molecule has 0 saturated heterocycles. The molecule has 4 N–H and O–H groups in total. The molecule has 1 fully saturated rings. The summed E-state index contributed by atoms with van der Waals surface area (Å²) in [5.41, 5.74) is 3.04. The first-order valence-corrected chi connectivity index (χ1v) is 14.7. The monoisotopic (exact) mass is 561 g/mol. The van der Waals surface area contributed by atoms with E-state index in [4.69, 9.17) is 9.47 Å². The van der Waals surface area contributed by atoms with Gasteiger partial charge in [0.25, 0.3) is 5.91 Å². The minimum Gasteiger partial charge on any atom is -0.377 e. The quantitative estimate of drug-likeness (QED) is 0.144. The molecule has 2 aromatic carbocycles. The van der Waals surface area contributed by atoms with Gasteiger partial charge in [-0.05, 0) is 37.5 Å². The summed E-state index contributed by atoms with van der Waals surface area (Å²) < 4.78 is 11.2. The van der Waals surface area contributed by atoms with Crippen LogP contribution in [0.1, 0.15) is 60.0 Å². The van der Waals surface area contributed by atoms with Crippen LogP contribution in [0.2, 0.25) is 0 Å². The van der Waals surface area contributed by atoms with Gasteiger partial charge in [-0.25, -0.2) is 0 Å². The molecule has 4 rings (SSSR count). The summed E-state index contributed by atoms with van der Waals surface area (Å²) in [5, 5.41) is 13.0. The van der Waals surface area contributed by atoms with E-state index in [1.807, 2.05) is 18.2 Å². The highest BCUT2D eigenvalue weighted by atomic mass is 16.5. The zero-order chi connectivity index (χ0) is 28.5. The molecule has 1 aliphatic rings. The normalized spacial score (nSPS) is 13.8. The van der Waals surface area contributed by atoms with Gasteiger partial charge in [0, 0.05) is 31.2 Å². The maximum absolute atomic E-state index is 12.0. The average molecular weight is 562 g/mol. The molecule has 10 heteroatoms. The number of nitrogens with one attached hydrogen (secondary N) is 4. The van der Waals surface area contributed by atoms with Crippen LogP contribution in [0.3, 0.4) is 0 Å². The Morgan fingerprint density at radius 3 is 2.10 bits per heavy atom. The molecule has 0 aliphatic heterocycles. The number of amides is 1. The van der Waals surface area contributed by atoms with Crippen LogP contribution >= 0.6 is 0 Å². The van der Waals surface area contributed by atoms with Gasteiger partial charge in [0.05, 0.1) is 26.4 Å². The Balaban J connectivity index is 1.17. The summed E-state index contributed by atoms with van der Waals surface area (Å²) in [6.07, 6.45) is 7.32. The van der Waals surface area contributed by atoms with Gasteiger partial charge in [-0.15, -0.1) is 0 Å². The van der Waals surface area contributed by atoms with E-state index in [0.29, 0.717) is 75.5 Å². The zero-order valence-electron chi connectivity index (χ0n) is 24.0. The Labute approximate surface area is 243 Å². The SMILES string of the molecule is Cc1ccc(CNc2nc(NCCOCCOCCNC(=O)c3ccccc3)nc(NC3CCCCCC3)n2)cc1. The summed E-state index contributed by atoms with van der Waals surface area (Å²) in [6.45, 7) is 5.55. The smallest absolute Gasteiger partial charge is 0.251 e. The average Bonchev–Trinajstić information content (AvgIpc) is 3.26. The van der Waals surface area contributed by atoms with Crippen LogP contribution in [0.25, 0.3) is 0 Å². The first-order valence-electron chi connectivity index (χ1n) is 14.7. The van der Waals surface area contributed by atoms with Crippen molar-refractivity contribution < 1.29 is 14.3 Å². The van der Waals surface area contributed by atoms with Gasteiger partial charge in [0.2, 0.25) is 17.8 Å². The number of carbonyl (C=O) groups is 1. The molecular weight excluding hydrogens is 518 g/mol. The lowest BCUT2D eigenvalue weighted by Crippen LogP contribution is -2.27. The third-order valence-corrected chi connectivity index (χ3v) is 6.86. The van der Waals surface area contributed by atoms with Crippen molar-refractivity contribution in [1.82, 2.24) is 20.3 Å². The van der Waals surface area contributed by atoms with Crippen molar-refractivity contribution in [3.05, 3.63) is 71.3 Å². The number of aromatic nitrogens is 3. The number of benzene rings is 2. The van der Waals surface area contributed by atoms with E-state index in [9.17, 15) is 4.79 Å². The predicted octanol–water partition coefficient (Wildman–Crippen LogP) is 4.80. The topological polar surface area (TPSA) is 122 Å². The Kier molecular flexibility index (Phi) is 12.6. The second-order valence-corrected chi connectivity index (χ2v) is 10.3. The largest absolute Gasteiger partial charge is 0.377 e. The first-order chi connectivity index (χ1) is 20.2. The van der Waals surface area contributed by atoms with Crippen molar-refractivity contribution in [2.45, 2.75) is 58.0 Å². The molecule has 10 nitrogen and oxygen atoms in total. The number of nitrogens with zero attached hydrogens (tertiary/aromatic N) is 3. The zero-order valence-corrected chi connectivity index (χ0v) is 24.0. The molecule has 0 spiro atoms. The summed E-state index contributed by atoms with van der Waals surface area (Å²) >= 11 is 0. The number of carbonyl (C=O) groups excluding carboxylic acids is 1. The van der Waals surface area contributed by atoms with Crippen LogP contribution in [0.5, 0.6) is 0 Å². The second kappa shape index (κ2) is 17.1. The molecule has 1 aliphatic carbocycles. The van der Waals surface area contributed by atoms with E-state index >= 15 is 0 Å². The minimum absolute atomic E-state index is 0.101. The van der Waals surface area contributed by atoms with Crippen molar-refractivity contribution in [2.24, 2.45) is 0 Å². The van der Waals surface area contributed by atoms with Crippen molar-refractivity contribution in [2.75, 3.05) is 55.5 Å². The standard InChI is InChI=1S/C31H43N7O3/c1-24-13-15-25(16-14-24)23-34-30-36-29(37-31(38-30)35-27-11-7-2-3-8-12-27)33-18-20-41-22-21-40-19-17-32-28(39)26-9-5-4-6-10-26/h4-6,9-10,13-16,27H,2-3,7-8,11-12,17-23H2,1H3,(H,32,39)(H3,33,34,35,36,37,38). The number of hydrogen-bond donors (Lipinski definition) is 4. The van der Waals surface area contributed by atoms with Crippen LogP contribution in [0, 0.1) is 6.92 Å². The van der Waals surface area contributed by atoms with E-state index in [1.165, 1.54) is 31.2 Å². The molecule has 0 unspecified atom stereocenters. The van der Waals surface area contributed by atoms with Crippen LogP contribution in [0.15, 0.2) is 54.6 Å². The summed E-state index contributed by atoms with van der Waals surface area (Å²) in [4.78, 5) is 25.9. The van der Waals surface area contributed by atoms with Gasteiger partial charge in [0.1, 0.15) is 0 Å². The molecule has 1 saturated carbocycles. The van der Waals surface area contributed by atoms with Gasteiger partial charge < -0.3 is 30.7 Å². The number of ether oxygens (including phenoxy) is 2. The van der Waals surface area contributed by atoms with Gasteiger partial charge in [0.15, 0.2) is 0 Å². The molecule has 41 heavy (non-hydrogen) atoms. The van der Waals surface area contributed by atoms with Crippen molar-refractivity contribution in [3.63, 3.8) is 0 Å². The van der Waals surface area contributed by atoms with Crippen molar-refractivity contribution in [3.8, 4) is 0 Å². The molecule has 220 valence electrons.